The van der Waals surface area contributed by atoms with Crippen molar-refractivity contribution in [3.8, 4) is 0 Å². The highest BCUT2D eigenvalue weighted by molar-refractivity contribution is 6.21. The van der Waals surface area contributed by atoms with E-state index in [1.807, 2.05) is 0 Å². The zero-order chi connectivity index (χ0) is 12.6. The van der Waals surface area contributed by atoms with E-state index in [0.717, 1.165) is 0 Å². The predicted molar refractivity (Wildman–Crippen MR) is 56.5 cm³/mol. The van der Waals surface area contributed by atoms with Gasteiger partial charge in [-0.3, -0.25) is 4.79 Å². The number of likely N-dealkylation sites (tertiary alicyclic amines) is 1. The summed E-state index contributed by atoms with van der Waals surface area (Å²) < 4.78 is 39.4. The Morgan fingerprint density at radius 3 is 2.35 bits per heavy atom. The van der Waals surface area contributed by atoms with Crippen LogP contribution in [-0.4, -0.2) is 29.3 Å². The maximum absolute atomic E-state index is 13.4. The largest absolute Gasteiger partial charge is 0.337 e. The summed E-state index contributed by atoms with van der Waals surface area (Å²) in [5, 5.41) is -0.203. The highest BCUT2D eigenvalue weighted by atomic mass is 35.5. The summed E-state index contributed by atoms with van der Waals surface area (Å²) in [7, 11) is 0. The highest BCUT2D eigenvalue weighted by Crippen LogP contribution is 2.21. The van der Waals surface area contributed by atoms with E-state index >= 15 is 0 Å². The lowest BCUT2D eigenvalue weighted by Gasteiger charge is -2.16. The van der Waals surface area contributed by atoms with Gasteiger partial charge in [-0.05, 0) is 6.42 Å². The molecule has 1 saturated heterocycles. The Morgan fingerprint density at radius 2 is 1.88 bits per heavy atom. The van der Waals surface area contributed by atoms with Crippen molar-refractivity contribution < 1.29 is 18.0 Å². The van der Waals surface area contributed by atoms with Crippen LogP contribution in [0.25, 0.3) is 0 Å². The molecule has 1 aliphatic rings. The minimum atomic E-state index is -1.19. The van der Waals surface area contributed by atoms with Gasteiger partial charge in [0, 0.05) is 25.2 Å². The van der Waals surface area contributed by atoms with Crippen LogP contribution in [0.3, 0.4) is 0 Å². The molecule has 1 aromatic carbocycles. The minimum absolute atomic E-state index is 0.203. The van der Waals surface area contributed by atoms with Crippen LogP contribution in [0, 0.1) is 17.5 Å². The Hall–Kier alpha value is -1.23. The van der Waals surface area contributed by atoms with E-state index in [1.165, 1.54) is 4.90 Å². The van der Waals surface area contributed by atoms with Crippen molar-refractivity contribution in [2.75, 3.05) is 13.1 Å². The fourth-order valence-electron chi connectivity index (χ4n) is 1.81. The van der Waals surface area contributed by atoms with Gasteiger partial charge in [0.1, 0.15) is 23.0 Å². The summed E-state index contributed by atoms with van der Waals surface area (Å²) in [4.78, 5) is 13.1. The molecule has 0 aliphatic carbocycles. The molecule has 92 valence electrons. The van der Waals surface area contributed by atoms with E-state index < -0.39 is 28.9 Å². The zero-order valence-electron chi connectivity index (χ0n) is 8.72. The molecule has 2 rings (SSSR count). The van der Waals surface area contributed by atoms with Gasteiger partial charge >= 0.3 is 0 Å². The van der Waals surface area contributed by atoms with E-state index in [2.05, 4.69) is 0 Å². The first-order valence-corrected chi connectivity index (χ1v) is 5.50. The number of nitrogens with zero attached hydrogens (tertiary/aromatic N) is 1. The number of hydrogen-bond acceptors (Lipinski definition) is 1. The zero-order valence-corrected chi connectivity index (χ0v) is 9.48. The summed E-state index contributed by atoms with van der Waals surface area (Å²) in [6.07, 6.45) is 0.581. The minimum Gasteiger partial charge on any atom is -0.337 e. The number of amides is 1. The van der Waals surface area contributed by atoms with Crippen LogP contribution in [0.2, 0.25) is 0 Å². The number of hydrogen-bond donors (Lipinski definition) is 0. The molecular weight excluding hydrogens is 255 g/mol. The standard InChI is InChI=1S/C11H9ClF3NO/c12-6-1-2-16(5-6)11(17)10-8(14)3-7(13)4-9(10)15/h3-4,6H,1-2,5H2. The van der Waals surface area contributed by atoms with Gasteiger partial charge in [-0.25, -0.2) is 13.2 Å². The second kappa shape index (κ2) is 4.56. The third-order valence-corrected chi connectivity index (χ3v) is 2.99. The molecule has 17 heavy (non-hydrogen) atoms. The lowest BCUT2D eigenvalue weighted by Crippen LogP contribution is -2.30. The third-order valence-electron chi connectivity index (χ3n) is 2.64. The van der Waals surface area contributed by atoms with Crippen LogP contribution in [-0.2, 0) is 0 Å². The molecule has 1 fully saturated rings. The number of alkyl halides is 1. The van der Waals surface area contributed by atoms with Crippen LogP contribution in [0.4, 0.5) is 13.2 Å². The van der Waals surface area contributed by atoms with E-state index in [9.17, 15) is 18.0 Å². The summed E-state index contributed by atoms with van der Waals surface area (Å²) in [5.41, 5.74) is -0.725. The molecule has 2 nitrogen and oxygen atoms in total. The lowest BCUT2D eigenvalue weighted by molar-refractivity contribution is 0.0783. The smallest absolute Gasteiger partial charge is 0.259 e. The molecule has 0 N–H and O–H groups in total. The fraction of sp³-hybridized carbons (Fsp3) is 0.364. The highest BCUT2D eigenvalue weighted by Gasteiger charge is 2.29. The van der Waals surface area contributed by atoms with Crippen LogP contribution in [0.1, 0.15) is 16.8 Å². The van der Waals surface area contributed by atoms with E-state index in [-0.39, 0.29) is 11.9 Å². The van der Waals surface area contributed by atoms with Gasteiger partial charge in [0.2, 0.25) is 0 Å². The van der Waals surface area contributed by atoms with Crippen molar-refractivity contribution in [1.29, 1.82) is 0 Å². The third kappa shape index (κ3) is 2.39. The lowest BCUT2D eigenvalue weighted by atomic mass is 10.1. The molecular formula is C11H9ClF3NO. The van der Waals surface area contributed by atoms with Gasteiger partial charge in [0.05, 0.1) is 5.38 Å². The van der Waals surface area contributed by atoms with E-state index in [0.29, 0.717) is 25.1 Å². The SMILES string of the molecule is O=C(c1c(F)cc(F)cc1F)N1CCC(Cl)C1. The first-order chi connectivity index (χ1) is 7.99. The van der Waals surface area contributed by atoms with Crippen molar-refractivity contribution in [1.82, 2.24) is 4.90 Å². The topological polar surface area (TPSA) is 20.3 Å². The van der Waals surface area contributed by atoms with Crippen molar-refractivity contribution >= 4 is 17.5 Å². The fourth-order valence-corrected chi connectivity index (χ4v) is 2.07. The molecule has 1 atom stereocenters. The Bertz CT molecular complexity index is 443. The van der Waals surface area contributed by atoms with Gasteiger partial charge in [0.15, 0.2) is 0 Å². The predicted octanol–water partition coefficient (Wildman–Crippen LogP) is 2.56. The average Bonchev–Trinajstić information content (AvgIpc) is 2.63. The Balaban J connectivity index is 2.31. The number of halogens is 4. The summed E-state index contributed by atoms with van der Waals surface area (Å²) in [6, 6.07) is 0.981. The van der Waals surface area contributed by atoms with Gasteiger partial charge in [0.25, 0.3) is 5.91 Å². The second-order valence-electron chi connectivity index (χ2n) is 3.88. The summed E-state index contributed by atoms with van der Waals surface area (Å²) >= 11 is 5.80. The van der Waals surface area contributed by atoms with Gasteiger partial charge in [-0.1, -0.05) is 0 Å². The van der Waals surface area contributed by atoms with Crippen molar-refractivity contribution in [3.05, 3.63) is 35.1 Å². The molecule has 0 bridgehead atoms. The molecule has 1 heterocycles. The number of rotatable bonds is 1. The van der Waals surface area contributed by atoms with Crippen molar-refractivity contribution in [3.63, 3.8) is 0 Å². The number of benzene rings is 1. The van der Waals surface area contributed by atoms with E-state index in [4.69, 9.17) is 11.6 Å². The number of carbonyl (C=O) groups excluding carboxylic acids is 1. The molecule has 6 heteroatoms. The maximum Gasteiger partial charge on any atom is 0.259 e. The van der Waals surface area contributed by atoms with Gasteiger partial charge in [-0.15, -0.1) is 11.6 Å². The molecule has 1 aromatic rings. The van der Waals surface area contributed by atoms with Gasteiger partial charge < -0.3 is 4.90 Å². The van der Waals surface area contributed by atoms with Crippen LogP contribution in [0.15, 0.2) is 12.1 Å². The van der Waals surface area contributed by atoms with Crippen molar-refractivity contribution in [2.45, 2.75) is 11.8 Å². The van der Waals surface area contributed by atoms with Gasteiger partial charge in [-0.2, -0.15) is 0 Å². The normalized spacial score (nSPS) is 19.8. The summed E-state index contributed by atoms with van der Waals surface area (Å²) in [6.45, 7) is 0.597. The Morgan fingerprint density at radius 1 is 1.29 bits per heavy atom. The Labute approximate surface area is 101 Å². The van der Waals surface area contributed by atoms with Crippen LogP contribution < -0.4 is 0 Å². The quantitative estimate of drug-likeness (QED) is 0.713. The molecule has 1 unspecified atom stereocenters. The molecule has 0 aromatic heterocycles. The van der Waals surface area contributed by atoms with Crippen LogP contribution >= 0.6 is 11.6 Å². The molecule has 0 spiro atoms. The van der Waals surface area contributed by atoms with Crippen LogP contribution in [0.5, 0.6) is 0 Å². The molecule has 0 radical (unpaired) electrons. The second-order valence-corrected chi connectivity index (χ2v) is 4.50. The maximum atomic E-state index is 13.4. The molecule has 0 saturated carbocycles. The Kier molecular flexibility index (Phi) is 3.28. The number of carbonyl (C=O) groups is 1. The summed E-state index contributed by atoms with van der Waals surface area (Å²) in [5.74, 6) is -4.22. The van der Waals surface area contributed by atoms with E-state index in [1.54, 1.807) is 0 Å². The first-order valence-electron chi connectivity index (χ1n) is 5.07. The molecule has 1 amide bonds. The average molecular weight is 264 g/mol. The van der Waals surface area contributed by atoms with Crippen molar-refractivity contribution in [2.24, 2.45) is 0 Å². The molecule has 1 aliphatic heterocycles. The monoisotopic (exact) mass is 263 g/mol. The first kappa shape index (κ1) is 12.2.